The van der Waals surface area contributed by atoms with Crippen molar-refractivity contribution in [1.29, 1.82) is 0 Å². The molecule has 1 aromatic rings. The first kappa shape index (κ1) is 11.3. The molecular formula is C8H11N3O3S. The first-order valence-corrected chi connectivity index (χ1v) is 5.49. The average Bonchev–Trinajstić information content (AvgIpc) is 1.99. The van der Waals surface area contributed by atoms with Crippen molar-refractivity contribution in [2.75, 3.05) is 5.73 Å². The lowest BCUT2D eigenvalue weighted by molar-refractivity contribution is 0.253. The van der Waals surface area contributed by atoms with Crippen molar-refractivity contribution in [1.82, 2.24) is 4.72 Å². The third kappa shape index (κ3) is 2.59. The first-order valence-electron chi connectivity index (χ1n) is 4.01. The molecule has 0 aliphatic heterocycles. The van der Waals surface area contributed by atoms with Crippen LogP contribution in [0, 0.1) is 6.92 Å². The summed E-state index contributed by atoms with van der Waals surface area (Å²) in [7, 11) is -3.96. The summed E-state index contributed by atoms with van der Waals surface area (Å²) in [5, 5.41) is 0. The van der Waals surface area contributed by atoms with Crippen LogP contribution in [0.25, 0.3) is 0 Å². The molecule has 0 saturated carbocycles. The summed E-state index contributed by atoms with van der Waals surface area (Å²) in [4.78, 5) is 10.3. The summed E-state index contributed by atoms with van der Waals surface area (Å²) in [5.74, 6) is 0. The van der Waals surface area contributed by atoms with Gasteiger partial charge in [-0.05, 0) is 24.6 Å². The Kier molecular flexibility index (Phi) is 2.85. The Morgan fingerprint density at radius 1 is 1.40 bits per heavy atom. The number of primary amides is 1. The van der Waals surface area contributed by atoms with Gasteiger partial charge in [0.2, 0.25) is 0 Å². The van der Waals surface area contributed by atoms with E-state index in [0.29, 0.717) is 0 Å². The van der Waals surface area contributed by atoms with Gasteiger partial charge in [-0.1, -0.05) is 6.07 Å². The highest BCUT2D eigenvalue weighted by Crippen LogP contribution is 2.18. The molecule has 0 aromatic heterocycles. The van der Waals surface area contributed by atoms with Crippen molar-refractivity contribution in [3.8, 4) is 0 Å². The number of carbonyl (C=O) groups is 1. The summed E-state index contributed by atoms with van der Waals surface area (Å²) < 4.78 is 24.6. The number of hydrogen-bond acceptors (Lipinski definition) is 4. The topological polar surface area (TPSA) is 115 Å². The number of urea groups is 1. The molecule has 0 bridgehead atoms. The van der Waals surface area contributed by atoms with E-state index in [0.717, 1.165) is 5.56 Å². The van der Waals surface area contributed by atoms with Gasteiger partial charge in [-0.2, -0.15) is 0 Å². The van der Waals surface area contributed by atoms with Gasteiger partial charge in [0.1, 0.15) is 4.90 Å². The molecule has 15 heavy (non-hydrogen) atoms. The van der Waals surface area contributed by atoms with Gasteiger partial charge < -0.3 is 11.5 Å². The molecule has 0 heterocycles. The van der Waals surface area contributed by atoms with E-state index >= 15 is 0 Å². The van der Waals surface area contributed by atoms with Crippen molar-refractivity contribution < 1.29 is 13.2 Å². The summed E-state index contributed by atoms with van der Waals surface area (Å²) in [5.41, 5.74) is 11.1. The Morgan fingerprint density at radius 2 is 2.00 bits per heavy atom. The fraction of sp³-hybridized carbons (Fsp3) is 0.125. The van der Waals surface area contributed by atoms with E-state index in [2.05, 4.69) is 0 Å². The van der Waals surface area contributed by atoms with E-state index in [4.69, 9.17) is 11.5 Å². The number of nitrogens with two attached hydrogens (primary N) is 2. The minimum atomic E-state index is -3.96. The van der Waals surface area contributed by atoms with Crippen LogP contribution in [0.4, 0.5) is 10.5 Å². The van der Waals surface area contributed by atoms with Crippen LogP contribution in [0.3, 0.4) is 0 Å². The zero-order valence-corrected chi connectivity index (χ0v) is 8.84. The van der Waals surface area contributed by atoms with Crippen molar-refractivity contribution in [2.45, 2.75) is 11.8 Å². The molecule has 0 radical (unpaired) electrons. The quantitative estimate of drug-likeness (QED) is 0.616. The molecule has 1 aromatic carbocycles. The number of anilines is 1. The normalized spacial score (nSPS) is 11.0. The van der Waals surface area contributed by atoms with Gasteiger partial charge in [0, 0.05) is 0 Å². The van der Waals surface area contributed by atoms with Crippen molar-refractivity contribution in [2.24, 2.45) is 5.73 Å². The van der Waals surface area contributed by atoms with Crippen molar-refractivity contribution >= 4 is 21.7 Å². The van der Waals surface area contributed by atoms with E-state index in [1.165, 1.54) is 12.1 Å². The van der Waals surface area contributed by atoms with Gasteiger partial charge in [0.15, 0.2) is 0 Å². The van der Waals surface area contributed by atoms with Crippen LogP contribution in [0.5, 0.6) is 0 Å². The second-order valence-electron chi connectivity index (χ2n) is 3.01. The standard InChI is InChI=1S/C8H11N3O3S/c1-5-2-3-7(6(9)4-5)15(13,14)11-8(10)12/h2-4H,9H2,1H3,(H3,10,11,12). The van der Waals surface area contributed by atoms with Crippen LogP contribution in [0.1, 0.15) is 5.56 Å². The van der Waals surface area contributed by atoms with Gasteiger partial charge >= 0.3 is 6.03 Å². The third-order valence-electron chi connectivity index (χ3n) is 1.69. The molecule has 0 unspecified atom stereocenters. The van der Waals surface area contributed by atoms with Gasteiger partial charge in [0.05, 0.1) is 5.69 Å². The number of rotatable bonds is 2. The van der Waals surface area contributed by atoms with Gasteiger partial charge in [-0.3, -0.25) is 0 Å². The number of nitrogens with one attached hydrogen (secondary N) is 1. The highest BCUT2D eigenvalue weighted by molar-refractivity contribution is 7.90. The van der Waals surface area contributed by atoms with E-state index in [9.17, 15) is 13.2 Å². The number of sulfonamides is 1. The van der Waals surface area contributed by atoms with Gasteiger partial charge in [-0.15, -0.1) is 0 Å². The highest BCUT2D eigenvalue weighted by Gasteiger charge is 2.18. The zero-order chi connectivity index (χ0) is 11.6. The number of benzene rings is 1. The molecule has 0 saturated heterocycles. The summed E-state index contributed by atoms with van der Waals surface area (Å²) >= 11 is 0. The Labute approximate surface area is 87.3 Å². The maximum Gasteiger partial charge on any atom is 0.326 e. The van der Waals surface area contributed by atoms with Crippen LogP contribution in [-0.4, -0.2) is 14.4 Å². The summed E-state index contributed by atoms with van der Waals surface area (Å²) in [6, 6.07) is 3.24. The number of hydrogen-bond donors (Lipinski definition) is 3. The molecule has 6 nitrogen and oxygen atoms in total. The molecule has 5 N–H and O–H groups in total. The van der Waals surface area contributed by atoms with E-state index < -0.39 is 16.1 Å². The van der Waals surface area contributed by atoms with E-state index in [1.807, 2.05) is 0 Å². The number of aryl methyl sites for hydroxylation is 1. The SMILES string of the molecule is Cc1ccc(S(=O)(=O)NC(N)=O)c(N)c1. The lowest BCUT2D eigenvalue weighted by Crippen LogP contribution is -2.35. The van der Waals surface area contributed by atoms with Gasteiger partial charge in [0.25, 0.3) is 10.0 Å². The Balaban J connectivity index is 3.22. The van der Waals surface area contributed by atoms with Crippen LogP contribution in [-0.2, 0) is 10.0 Å². The maximum absolute atomic E-state index is 11.5. The minimum absolute atomic E-state index is 0.0729. The molecule has 7 heteroatoms. The second-order valence-corrected chi connectivity index (χ2v) is 4.66. The zero-order valence-electron chi connectivity index (χ0n) is 8.02. The molecule has 0 atom stereocenters. The molecule has 82 valence electrons. The first-order chi connectivity index (χ1) is 6.83. The van der Waals surface area contributed by atoms with Crippen LogP contribution < -0.4 is 16.2 Å². The number of amides is 2. The highest BCUT2D eigenvalue weighted by atomic mass is 32.2. The van der Waals surface area contributed by atoms with Crippen molar-refractivity contribution in [3.63, 3.8) is 0 Å². The molecule has 1 rings (SSSR count). The predicted molar refractivity (Wildman–Crippen MR) is 55.5 cm³/mol. The van der Waals surface area contributed by atoms with E-state index in [1.54, 1.807) is 17.7 Å². The lowest BCUT2D eigenvalue weighted by atomic mass is 10.2. The molecule has 0 fully saturated rings. The smallest absolute Gasteiger partial charge is 0.326 e. The number of carbonyl (C=O) groups excluding carboxylic acids is 1. The predicted octanol–water partition coefficient (Wildman–Crippen LogP) is -0.0658. The average molecular weight is 229 g/mol. The number of nitrogen functional groups attached to an aromatic ring is 1. The fourth-order valence-electron chi connectivity index (χ4n) is 1.10. The largest absolute Gasteiger partial charge is 0.398 e. The maximum atomic E-state index is 11.5. The van der Waals surface area contributed by atoms with E-state index in [-0.39, 0.29) is 10.6 Å². The third-order valence-corrected chi connectivity index (χ3v) is 3.11. The molecular weight excluding hydrogens is 218 g/mol. The van der Waals surface area contributed by atoms with Crippen LogP contribution in [0.15, 0.2) is 23.1 Å². The Morgan fingerprint density at radius 3 is 2.47 bits per heavy atom. The molecule has 0 aliphatic carbocycles. The van der Waals surface area contributed by atoms with Gasteiger partial charge in [-0.25, -0.2) is 17.9 Å². The van der Waals surface area contributed by atoms with Crippen LogP contribution in [0.2, 0.25) is 0 Å². The Bertz CT molecular complexity index is 496. The summed E-state index contributed by atoms with van der Waals surface area (Å²) in [6.07, 6.45) is 0. The Hall–Kier alpha value is -1.76. The molecule has 0 spiro atoms. The minimum Gasteiger partial charge on any atom is -0.398 e. The van der Waals surface area contributed by atoms with Crippen molar-refractivity contribution in [3.05, 3.63) is 23.8 Å². The second kappa shape index (κ2) is 3.77. The molecule has 0 aliphatic rings. The monoisotopic (exact) mass is 229 g/mol. The molecule has 2 amide bonds. The van der Waals surface area contributed by atoms with Crippen LogP contribution >= 0.6 is 0 Å². The summed E-state index contributed by atoms with van der Waals surface area (Å²) in [6.45, 7) is 1.77. The lowest BCUT2D eigenvalue weighted by Gasteiger charge is -2.07. The fourth-order valence-corrected chi connectivity index (χ4v) is 2.09.